The van der Waals surface area contributed by atoms with Gasteiger partial charge in [-0.2, -0.15) is 0 Å². The number of halogens is 1. The van der Waals surface area contributed by atoms with Crippen LogP contribution in [0.3, 0.4) is 0 Å². The van der Waals surface area contributed by atoms with Gasteiger partial charge in [0.1, 0.15) is 5.75 Å². The van der Waals surface area contributed by atoms with Gasteiger partial charge in [-0.25, -0.2) is 8.42 Å². The molecule has 1 atom stereocenters. The second-order valence-corrected chi connectivity index (χ2v) is 8.06. The van der Waals surface area contributed by atoms with Gasteiger partial charge in [-0.15, -0.1) is 0 Å². The van der Waals surface area contributed by atoms with E-state index in [1.807, 2.05) is 0 Å². The molecule has 1 unspecified atom stereocenters. The Hall–Kier alpha value is -1.40. The number of ether oxygens (including phenoxy) is 1. The second-order valence-electron chi connectivity index (χ2n) is 5.49. The first-order valence-corrected chi connectivity index (χ1v) is 8.98. The lowest BCUT2D eigenvalue weighted by Gasteiger charge is -2.22. The maximum Gasteiger partial charge on any atom is 0.261 e. The Bertz CT molecular complexity index is 702. The molecule has 1 aromatic carbocycles. The van der Waals surface area contributed by atoms with Crippen molar-refractivity contribution in [3.8, 4) is 5.75 Å². The van der Waals surface area contributed by atoms with Gasteiger partial charge in [-0.1, -0.05) is 0 Å². The average Bonchev–Trinajstić information content (AvgIpc) is 2.93. The van der Waals surface area contributed by atoms with Crippen LogP contribution in [0.5, 0.6) is 5.75 Å². The Morgan fingerprint density at radius 1 is 1.33 bits per heavy atom. The first-order chi connectivity index (χ1) is 9.88. The van der Waals surface area contributed by atoms with Crippen LogP contribution in [0, 0.1) is 5.92 Å². The summed E-state index contributed by atoms with van der Waals surface area (Å²) >= 11 is 0. The van der Waals surface area contributed by atoms with Crippen molar-refractivity contribution in [1.29, 1.82) is 0 Å². The molecule has 114 valence electrons. The predicted octanol–water partition coefficient (Wildman–Crippen LogP) is 1.89. The predicted molar refractivity (Wildman–Crippen MR) is 82.4 cm³/mol. The van der Waals surface area contributed by atoms with Crippen LogP contribution in [0.4, 0.5) is 5.69 Å². The molecule has 0 aromatic heterocycles. The molecule has 3 rings (SSSR count). The monoisotopic (exact) mass is 328 g/mol. The van der Waals surface area contributed by atoms with Crippen molar-refractivity contribution in [3.63, 3.8) is 0 Å². The maximum atomic E-state index is 11.5. The topological polar surface area (TPSA) is 49.9 Å². The Labute approximate surface area is 129 Å². The lowest BCUT2D eigenvalue weighted by Crippen LogP contribution is -2.24. The minimum atomic E-state index is -3.74. The Morgan fingerprint density at radius 2 is 2.10 bits per heavy atom. The van der Waals surface area contributed by atoms with Crippen LogP contribution in [-0.4, -0.2) is 47.1 Å². The molecule has 1 aromatic rings. The van der Waals surface area contributed by atoms with Gasteiger partial charge in [-0.05, 0) is 23.8 Å². The minimum Gasteiger partial charge on any atom is -0.495 e. The quantitative estimate of drug-likeness (QED) is 0.793. The fraction of sp³-hybridized carbons (Fsp3) is 0.429. The van der Waals surface area contributed by atoms with Crippen molar-refractivity contribution in [2.24, 2.45) is 5.92 Å². The summed E-state index contributed by atoms with van der Waals surface area (Å²) in [6.45, 7) is 2.65. The van der Waals surface area contributed by atoms with Crippen LogP contribution in [0.1, 0.15) is 0 Å². The number of fused-ring (bicyclic) bond motifs is 1. The molecule has 0 saturated carbocycles. The Balaban J connectivity index is 1.97. The Morgan fingerprint density at radius 3 is 2.71 bits per heavy atom. The number of methoxy groups -OCH3 is 1. The summed E-state index contributed by atoms with van der Waals surface area (Å²) in [6.07, 6.45) is 2.17. The molecule has 1 fully saturated rings. The zero-order valence-electron chi connectivity index (χ0n) is 11.9. The number of hydrogen-bond donors (Lipinski definition) is 0. The molecule has 7 heteroatoms. The molecule has 0 radical (unpaired) electrons. The van der Waals surface area contributed by atoms with Gasteiger partial charge >= 0.3 is 0 Å². The molecule has 5 nitrogen and oxygen atoms in total. The summed E-state index contributed by atoms with van der Waals surface area (Å²) < 4.78 is 28.4. The van der Waals surface area contributed by atoms with Crippen molar-refractivity contribution in [2.75, 3.05) is 38.7 Å². The van der Waals surface area contributed by atoms with E-state index in [0.717, 1.165) is 25.3 Å². The highest BCUT2D eigenvalue weighted by Gasteiger charge is 2.33. The largest absolute Gasteiger partial charge is 0.495 e. The molecule has 0 spiro atoms. The molecule has 0 amide bonds. The lowest BCUT2D eigenvalue weighted by atomic mass is 10.1. The van der Waals surface area contributed by atoms with Gasteiger partial charge in [0.05, 0.1) is 17.7 Å². The standard InChI is InChI=1S/C14H17ClN2O3S/c1-16-6-10-8-17(9-11(10)7-16)13-5-12(21(15,18)19)3-4-14(13)20-2/h3-6,11H,7-9H2,1-2H3. The molecular weight excluding hydrogens is 312 g/mol. The van der Waals surface area contributed by atoms with E-state index in [1.165, 1.54) is 11.6 Å². The highest BCUT2D eigenvalue weighted by molar-refractivity contribution is 8.13. The second kappa shape index (κ2) is 5.10. The molecule has 2 aliphatic heterocycles. The average molecular weight is 329 g/mol. The van der Waals surface area contributed by atoms with Crippen LogP contribution >= 0.6 is 10.7 Å². The normalized spacial score (nSPS) is 21.5. The van der Waals surface area contributed by atoms with Crippen molar-refractivity contribution in [1.82, 2.24) is 4.90 Å². The van der Waals surface area contributed by atoms with Gasteiger partial charge in [-0.3, -0.25) is 0 Å². The summed E-state index contributed by atoms with van der Waals surface area (Å²) in [7, 11) is 5.35. The maximum absolute atomic E-state index is 11.5. The van der Waals surface area contributed by atoms with Gasteiger partial charge in [0.2, 0.25) is 0 Å². The van der Waals surface area contributed by atoms with Gasteiger partial charge in [0.25, 0.3) is 9.05 Å². The van der Waals surface area contributed by atoms with E-state index in [2.05, 4.69) is 23.0 Å². The molecular formula is C14H17ClN2O3S. The van der Waals surface area contributed by atoms with Gasteiger partial charge in [0, 0.05) is 49.5 Å². The third kappa shape index (κ3) is 2.70. The highest BCUT2D eigenvalue weighted by atomic mass is 35.7. The molecule has 0 N–H and O–H groups in total. The smallest absolute Gasteiger partial charge is 0.261 e. The number of anilines is 1. The molecule has 2 heterocycles. The van der Waals surface area contributed by atoms with Crippen LogP contribution in [-0.2, 0) is 9.05 Å². The van der Waals surface area contributed by atoms with E-state index in [-0.39, 0.29) is 4.90 Å². The van der Waals surface area contributed by atoms with E-state index < -0.39 is 9.05 Å². The zero-order chi connectivity index (χ0) is 15.2. The SMILES string of the molecule is COc1ccc(S(=O)(=O)Cl)cc1N1CC2=CN(C)CC2C1. The fourth-order valence-electron chi connectivity index (χ4n) is 3.05. The van der Waals surface area contributed by atoms with Crippen LogP contribution in [0.25, 0.3) is 0 Å². The molecule has 0 aliphatic carbocycles. The first kappa shape index (κ1) is 14.5. The van der Waals surface area contributed by atoms with E-state index in [1.54, 1.807) is 19.2 Å². The molecule has 2 aliphatic rings. The van der Waals surface area contributed by atoms with Gasteiger partial charge in [0.15, 0.2) is 0 Å². The third-order valence-electron chi connectivity index (χ3n) is 4.01. The van der Waals surface area contributed by atoms with Gasteiger partial charge < -0.3 is 14.5 Å². The van der Waals surface area contributed by atoms with Crippen molar-refractivity contribution >= 4 is 25.4 Å². The summed E-state index contributed by atoms with van der Waals surface area (Å²) in [5, 5.41) is 0. The number of hydrogen-bond acceptors (Lipinski definition) is 5. The van der Waals surface area contributed by atoms with E-state index in [0.29, 0.717) is 11.7 Å². The van der Waals surface area contributed by atoms with Crippen molar-refractivity contribution < 1.29 is 13.2 Å². The van der Waals surface area contributed by atoms with E-state index >= 15 is 0 Å². The summed E-state index contributed by atoms with van der Waals surface area (Å²) in [5.41, 5.74) is 2.15. The lowest BCUT2D eigenvalue weighted by molar-refractivity contribution is 0.413. The van der Waals surface area contributed by atoms with E-state index in [4.69, 9.17) is 15.4 Å². The third-order valence-corrected chi connectivity index (χ3v) is 5.36. The molecule has 0 bridgehead atoms. The van der Waals surface area contributed by atoms with Crippen LogP contribution < -0.4 is 9.64 Å². The Kier molecular flexibility index (Phi) is 3.53. The molecule has 21 heavy (non-hydrogen) atoms. The molecule has 1 saturated heterocycles. The van der Waals surface area contributed by atoms with E-state index in [9.17, 15) is 8.42 Å². The zero-order valence-corrected chi connectivity index (χ0v) is 13.5. The number of benzene rings is 1. The fourth-order valence-corrected chi connectivity index (χ4v) is 3.82. The number of nitrogens with zero attached hydrogens (tertiary/aromatic N) is 2. The first-order valence-electron chi connectivity index (χ1n) is 6.67. The summed E-state index contributed by atoms with van der Waals surface area (Å²) in [6, 6.07) is 4.71. The van der Waals surface area contributed by atoms with Crippen molar-refractivity contribution in [2.45, 2.75) is 4.90 Å². The highest BCUT2D eigenvalue weighted by Crippen LogP contribution is 2.38. The summed E-state index contributed by atoms with van der Waals surface area (Å²) in [4.78, 5) is 4.44. The van der Waals surface area contributed by atoms with Crippen LogP contribution in [0.15, 0.2) is 34.9 Å². The minimum absolute atomic E-state index is 0.100. The van der Waals surface area contributed by atoms with Crippen LogP contribution in [0.2, 0.25) is 0 Å². The van der Waals surface area contributed by atoms with Crippen molar-refractivity contribution in [3.05, 3.63) is 30.0 Å². The summed E-state index contributed by atoms with van der Waals surface area (Å²) in [5.74, 6) is 1.16. The number of rotatable bonds is 3.